The number of hydrogen-bond donors (Lipinski definition) is 2. The lowest BCUT2D eigenvalue weighted by atomic mass is 9.80. The van der Waals surface area contributed by atoms with Crippen LogP contribution < -0.4 is 11.1 Å². The Bertz CT molecular complexity index is 469. The molecule has 19 heavy (non-hydrogen) atoms. The van der Waals surface area contributed by atoms with Crippen LogP contribution in [0, 0.1) is 22.0 Å². The monoisotopic (exact) mass is 265 g/mol. The Morgan fingerprint density at radius 2 is 1.95 bits per heavy atom. The van der Waals surface area contributed by atoms with Crippen LogP contribution >= 0.6 is 0 Å². The third kappa shape index (κ3) is 3.10. The van der Waals surface area contributed by atoms with Crippen LogP contribution in [0.3, 0.4) is 0 Å². The molecule has 1 fully saturated rings. The predicted octanol–water partition coefficient (Wildman–Crippen LogP) is 2.20. The standard InChI is InChI=1S/C12H19N5O2/c1-7-3-8(2)5-9(4-7)16-12-10(17(18)19)11(13)14-6-15-12/h6-9H,3-5H2,1-2H3,(H3,13,14,15,16). The highest BCUT2D eigenvalue weighted by Gasteiger charge is 2.27. The summed E-state index contributed by atoms with van der Waals surface area (Å²) in [7, 11) is 0. The van der Waals surface area contributed by atoms with Crippen molar-refractivity contribution >= 4 is 17.3 Å². The third-order valence-electron chi connectivity index (χ3n) is 3.55. The van der Waals surface area contributed by atoms with Crippen LogP contribution in [0.4, 0.5) is 17.3 Å². The largest absolute Gasteiger partial charge is 0.378 e. The third-order valence-corrected chi connectivity index (χ3v) is 3.55. The molecule has 0 radical (unpaired) electrons. The van der Waals surface area contributed by atoms with E-state index in [0.29, 0.717) is 11.8 Å². The highest BCUT2D eigenvalue weighted by molar-refractivity contribution is 5.67. The molecule has 1 heterocycles. The molecular weight excluding hydrogens is 246 g/mol. The number of nitrogens with two attached hydrogens (primary N) is 1. The van der Waals surface area contributed by atoms with E-state index in [1.807, 2.05) is 0 Å². The van der Waals surface area contributed by atoms with Crippen molar-refractivity contribution in [1.29, 1.82) is 0 Å². The van der Waals surface area contributed by atoms with Crippen LogP contribution in [-0.2, 0) is 0 Å². The summed E-state index contributed by atoms with van der Waals surface area (Å²) < 4.78 is 0. The van der Waals surface area contributed by atoms with Crippen LogP contribution in [0.25, 0.3) is 0 Å². The summed E-state index contributed by atoms with van der Waals surface area (Å²) in [5, 5.41) is 14.2. The van der Waals surface area contributed by atoms with E-state index >= 15 is 0 Å². The molecule has 1 aliphatic rings. The van der Waals surface area contributed by atoms with Crippen molar-refractivity contribution in [2.45, 2.75) is 39.2 Å². The molecule has 0 bridgehead atoms. The molecule has 2 atom stereocenters. The Balaban J connectivity index is 2.19. The minimum absolute atomic E-state index is 0.0978. The maximum absolute atomic E-state index is 11.0. The van der Waals surface area contributed by atoms with Crippen LogP contribution in [-0.4, -0.2) is 20.9 Å². The molecule has 2 rings (SSSR count). The molecule has 7 nitrogen and oxygen atoms in total. The van der Waals surface area contributed by atoms with Crippen molar-refractivity contribution < 1.29 is 4.92 Å². The second kappa shape index (κ2) is 5.38. The maximum Gasteiger partial charge on any atom is 0.352 e. The lowest BCUT2D eigenvalue weighted by molar-refractivity contribution is -0.383. The van der Waals surface area contributed by atoms with E-state index in [1.54, 1.807) is 0 Å². The molecular formula is C12H19N5O2. The molecule has 0 saturated heterocycles. The molecule has 3 N–H and O–H groups in total. The van der Waals surface area contributed by atoms with Gasteiger partial charge >= 0.3 is 5.69 Å². The number of aromatic nitrogens is 2. The van der Waals surface area contributed by atoms with Gasteiger partial charge in [0, 0.05) is 6.04 Å². The molecule has 0 aromatic carbocycles. The van der Waals surface area contributed by atoms with Gasteiger partial charge in [0.15, 0.2) is 0 Å². The Morgan fingerprint density at radius 3 is 2.53 bits per heavy atom. The van der Waals surface area contributed by atoms with Gasteiger partial charge in [-0.3, -0.25) is 10.1 Å². The minimum atomic E-state index is -0.534. The predicted molar refractivity (Wildman–Crippen MR) is 72.7 cm³/mol. The van der Waals surface area contributed by atoms with Crippen molar-refractivity contribution in [1.82, 2.24) is 9.97 Å². The van der Waals surface area contributed by atoms with Crippen molar-refractivity contribution in [2.75, 3.05) is 11.1 Å². The summed E-state index contributed by atoms with van der Waals surface area (Å²) >= 11 is 0. The zero-order valence-corrected chi connectivity index (χ0v) is 11.2. The first-order valence-corrected chi connectivity index (χ1v) is 6.48. The SMILES string of the molecule is CC1CC(C)CC(Nc2ncnc(N)c2[N+](=O)[O-])C1. The molecule has 1 aromatic rings. The molecule has 1 aromatic heterocycles. The second-order valence-corrected chi connectivity index (χ2v) is 5.47. The lowest BCUT2D eigenvalue weighted by Gasteiger charge is -2.32. The van der Waals surface area contributed by atoms with Gasteiger partial charge in [0.2, 0.25) is 11.6 Å². The lowest BCUT2D eigenvalue weighted by Crippen LogP contribution is -2.30. The van der Waals surface area contributed by atoms with Gasteiger partial charge in [-0.15, -0.1) is 0 Å². The summed E-state index contributed by atoms with van der Waals surface area (Å²) in [5.41, 5.74) is 5.32. The fourth-order valence-corrected chi connectivity index (χ4v) is 2.94. The van der Waals surface area contributed by atoms with Crippen LogP contribution in [0.2, 0.25) is 0 Å². The van der Waals surface area contributed by atoms with Gasteiger partial charge in [-0.05, 0) is 31.1 Å². The highest BCUT2D eigenvalue weighted by atomic mass is 16.6. The number of nitrogens with zero attached hydrogens (tertiary/aromatic N) is 3. The van der Waals surface area contributed by atoms with E-state index in [0.717, 1.165) is 12.8 Å². The molecule has 7 heteroatoms. The molecule has 0 aliphatic heterocycles. The second-order valence-electron chi connectivity index (χ2n) is 5.47. The van der Waals surface area contributed by atoms with Gasteiger partial charge in [-0.2, -0.15) is 0 Å². The Labute approximate surface area is 111 Å². The van der Waals surface area contributed by atoms with E-state index < -0.39 is 4.92 Å². The zero-order valence-electron chi connectivity index (χ0n) is 11.2. The van der Waals surface area contributed by atoms with E-state index in [2.05, 4.69) is 29.1 Å². The van der Waals surface area contributed by atoms with Crippen molar-refractivity contribution in [3.63, 3.8) is 0 Å². The van der Waals surface area contributed by atoms with Crippen LogP contribution in [0.5, 0.6) is 0 Å². The first-order chi connectivity index (χ1) is 8.97. The van der Waals surface area contributed by atoms with E-state index in [-0.39, 0.29) is 23.4 Å². The average molecular weight is 265 g/mol. The Hall–Kier alpha value is -1.92. The van der Waals surface area contributed by atoms with E-state index in [9.17, 15) is 10.1 Å². The highest BCUT2D eigenvalue weighted by Crippen LogP contribution is 2.33. The van der Waals surface area contributed by atoms with Gasteiger partial charge in [0.1, 0.15) is 6.33 Å². The minimum Gasteiger partial charge on any atom is -0.378 e. The number of nitro groups is 1. The molecule has 1 aliphatic carbocycles. The average Bonchev–Trinajstić information content (AvgIpc) is 2.26. The number of nitrogen functional groups attached to an aromatic ring is 1. The number of rotatable bonds is 3. The Kier molecular flexibility index (Phi) is 3.82. The van der Waals surface area contributed by atoms with Gasteiger partial charge in [0.25, 0.3) is 0 Å². The first kappa shape index (κ1) is 13.5. The molecule has 0 amide bonds. The van der Waals surface area contributed by atoms with Gasteiger partial charge in [-0.25, -0.2) is 9.97 Å². The number of hydrogen-bond acceptors (Lipinski definition) is 6. The quantitative estimate of drug-likeness (QED) is 0.641. The fourth-order valence-electron chi connectivity index (χ4n) is 2.94. The first-order valence-electron chi connectivity index (χ1n) is 6.48. The summed E-state index contributed by atoms with van der Waals surface area (Å²) in [6, 6.07) is 0.201. The molecule has 1 saturated carbocycles. The van der Waals surface area contributed by atoms with Gasteiger partial charge in [-0.1, -0.05) is 13.8 Å². The smallest absolute Gasteiger partial charge is 0.352 e. The molecule has 104 valence electrons. The number of nitrogens with one attached hydrogen (secondary N) is 1. The zero-order chi connectivity index (χ0) is 14.0. The van der Waals surface area contributed by atoms with E-state index in [1.165, 1.54) is 12.7 Å². The molecule has 2 unspecified atom stereocenters. The van der Waals surface area contributed by atoms with E-state index in [4.69, 9.17) is 5.73 Å². The normalized spacial score (nSPS) is 26.9. The topological polar surface area (TPSA) is 107 Å². The summed E-state index contributed by atoms with van der Waals surface area (Å²) in [6.45, 7) is 4.40. The summed E-state index contributed by atoms with van der Waals surface area (Å²) in [6.07, 6.45) is 4.43. The van der Waals surface area contributed by atoms with Gasteiger partial charge in [0.05, 0.1) is 4.92 Å². The van der Waals surface area contributed by atoms with Crippen molar-refractivity contribution in [3.8, 4) is 0 Å². The Morgan fingerprint density at radius 1 is 1.32 bits per heavy atom. The van der Waals surface area contributed by atoms with Crippen molar-refractivity contribution in [2.24, 2.45) is 11.8 Å². The summed E-state index contributed by atoms with van der Waals surface area (Å²) in [4.78, 5) is 18.1. The summed E-state index contributed by atoms with van der Waals surface area (Å²) in [5.74, 6) is 1.35. The molecule has 0 spiro atoms. The van der Waals surface area contributed by atoms with Gasteiger partial charge < -0.3 is 11.1 Å². The maximum atomic E-state index is 11.0. The number of anilines is 2. The fraction of sp³-hybridized carbons (Fsp3) is 0.667. The van der Waals surface area contributed by atoms with Crippen molar-refractivity contribution in [3.05, 3.63) is 16.4 Å². The van der Waals surface area contributed by atoms with Crippen LogP contribution in [0.1, 0.15) is 33.1 Å². The van der Waals surface area contributed by atoms with Crippen LogP contribution in [0.15, 0.2) is 6.33 Å².